The first-order chi connectivity index (χ1) is 10.1. The van der Waals surface area contributed by atoms with Gasteiger partial charge < -0.3 is 0 Å². The van der Waals surface area contributed by atoms with Gasteiger partial charge in [0, 0.05) is 10.9 Å². The second kappa shape index (κ2) is 4.62. The van der Waals surface area contributed by atoms with Crippen LogP contribution in [0.25, 0.3) is 0 Å². The Balaban J connectivity index is 1.86. The largest absolute Gasteiger partial charge is 0.299 e. The number of aromatic nitrogens is 1. The van der Waals surface area contributed by atoms with Crippen LogP contribution in [-0.2, 0) is 12.0 Å². The molecule has 0 radical (unpaired) electrons. The van der Waals surface area contributed by atoms with Crippen molar-refractivity contribution in [3.8, 4) is 0 Å². The smallest absolute Gasteiger partial charge is 0.123 e. The first-order valence-corrected chi connectivity index (χ1v) is 8.41. The third kappa shape index (κ3) is 2.12. The molecule has 2 aliphatic carbocycles. The highest BCUT2D eigenvalue weighted by Crippen LogP contribution is 2.46. The Kier molecular flexibility index (Phi) is 2.95. The number of aryl methyl sites for hydroxylation is 3. The standard InChI is InChI=1S/C17H19FN2S/c1-10-11(2)21-16(19-10)17(20-14-4-5-14)8-7-12-9-13(18)3-6-15(12)17/h3,6,9,14,20H,4-5,7-8H2,1-2H3. The van der Waals surface area contributed by atoms with Crippen LogP contribution >= 0.6 is 11.3 Å². The number of hydrogen-bond acceptors (Lipinski definition) is 3. The summed E-state index contributed by atoms with van der Waals surface area (Å²) in [5.74, 6) is -0.137. The van der Waals surface area contributed by atoms with E-state index in [4.69, 9.17) is 4.98 Å². The third-order valence-electron chi connectivity index (χ3n) is 4.72. The van der Waals surface area contributed by atoms with E-state index in [1.165, 1.54) is 23.3 Å². The molecule has 4 rings (SSSR count). The Bertz CT molecular complexity index is 685. The summed E-state index contributed by atoms with van der Waals surface area (Å²) in [6.45, 7) is 4.20. The van der Waals surface area contributed by atoms with Gasteiger partial charge in [-0.25, -0.2) is 9.37 Å². The summed E-state index contributed by atoms with van der Waals surface area (Å²) in [7, 11) is 0. The van der Waals surface area contributed by atoms with Crippen LogP contribution in [0.1, 0.15) is 46.0 Å². The lowest BCUT2D eigenvalue weighted by molar-refractivity contribution is 0.392. The summed E-state index contributed by atoms with van der Waals surface area (Å²) < 4.78 is 13.5. The molecular formula is C17H19FN2S. The molecule has 0 saturated heterocycles. The van der Waals surface area contributed by atoms with Gasteiger partial charge >= 0.3 is 0 Å². The summed E-state index contributed by atoms with van der Waals surface area (Å²) in [5, 5.41) is 4.97. The molecule has 1 aromatic carbocycles. The average molecular weight is 302 g/mol. The van der Waals surface area contributed by atoms with E-state index in [1.807, 2.05) is 6.07 Å². The fraction of sp³-hybridized carbons (Fsp3) is 0.471. The monoisotopic (exact) mass is 302 g/mol. The first-order valence-electron chi connectivity index (χ1n) is 7.59. The molecule has 2 nitrogen and oxygen atoms in total. The maximum atomic E-state index is 13.5. The molecule has 0 amide bonds. The molecule has 1 heterocycles. The van der Waals surface area contributed by atoms with E-state index in [1.54, 1.807) is 23.5 Å². The van der Waals surface area contributed by atoms with E-state index >= 15 is 0 Å². The van der Waals surface area contributed by atoms with Crippen molar-refractivity contribution >= 4 is 11.3 Å². The Labute approximate surface area is 128 Å². The fourth-order valence-corrected chi connectivity index (χ4v) is 4.42. The zero-order chi connectivity index (χ0) is 14.6. The molecule has 1 aromatic heterocycles. The highest BCUT2D eigenvalue weighted by Gasteiger charge is 2.45. The minimum absolute atomic E-state index is 0.137. The van der Waals surface area contributed by atoms with Crippen molar-refractivity contribution in [2.75, 3.05) is 0 Å². The molecule has 2 aliphatic rings. The van der Waals surface area contributed by atoms with Crippen LogP contribution in [0.3, 0.4) is 0 Å². The maximum absolute atomic E-state index is 13.5. The van der Waals surface area contributed by atoms with Gasteiger partial charge in [-0.3, -0.25) is 5.32 Å². The summed E-state index contributed by atoms with van der Waals surface area (Å²) in [5.41, 5.74) is 3.27. The fourth-order valence-electron chi connectivity index (χ4n) is 3.31. The van der Waals surface area contributed by atoms with E-state index in [9.17, 15) is 4.39 Å². The minimum Gasteiger partial charge on any atom is -0.299 e. The lowest BCUT2D eigenvalue weighted by atomic mass is 9.92. The quantitative estimate of drug-likeness (QED) is 0.932. The molecule has 1 atom stereocenters. The van der Waals surface area contributed by atoms with Crippen LogP contribution in [0.4, 0.5) is 4.39 Å². The Hall–Kier alpha value is -1.26. The van der Waals surface area contributed by atoms with Crippen LogP contribution in [0.2, 0.25) is 0 Å². The number of rotatable bonds is 3. The normalized spacial score (nSPS) is 24.3. The van der Waals surface area contributed by atoms with Crippen LogP contribution in [0, 0.1) is 19.7 Å². The van der Waals surface area contributed by atoms with Crippen molar-refractivity contribution in [3.05, 3.63) is 50.7 Å². The summed E-state index contributed by atoms with van der Waals surface area (Å²) in [6.07, 6.45) is 4.38. The van der Waals surface area contributed by atoms with Crippen molar-refractivity contribution in [1.82, 2.24) is 10.3 Å². The SMILES string of the molecule is Cc1nc(C2(NC3CC3)CCc3cc(F)ccc32)sc1C. The predicted octanol–water partition coefficient (Wildman–Crippen LogP) is 3.84. The molecule has 1 fully saturated rings. The zero-order valence-corrected chi connectivity index (χ0v) is 13.2. The number of halogens is 1. The number of benzene rings is 1. The van der Waals surface area contributed by atoms with Gasteiger partial charge in [0.2, 0.25) is 0 Å². The number of thiazole rings is 1. The van der Waals surface area contributed by atoms with E-state index in [2.05, 4.69) is 19.2 Å². The van der Waals surface area contributed by atoms with E-state index in [0.29, 0.717) is 6.04 Å². The van der Waals surface area contributed by atoms with Gasteiger partial charge in [-0.15, -0.1) is 11.3 Å². The van der Waals surface area contributed by atoms with Gasteiger partial charge in [0.05, 0.1) is 11.2 Å². The van der Waals surface area contributed by atoms with Crippen LogP contribution in [-0.4, -0.2) is 11.0 Å². The first kappa shape index (κ1) is 13.4. The summed E-state index contributed by atoms with van der Waals surface area (Å²) in [6, 6.07) is 5.82. The number of nitrogens with zero attached hydrogens (tertiary/aromatic N) is 1. The van der Waals surface area contributed by atoms with Gasteiger partial charge in [0.15, 0.2) is 0 Å². The van der Waals surface area contributed by atoms with Crippen molar-refractivity contribution in [2.45, 2.75) is 51.1 Å². The molecule has 1 saturated carbocycles. The van der Waals surface area contributed by atoms with E-state index in [0.717, 1.165) is 29.1 Å². The van der Waals surface area contributed by atoms with Crippen molar-refractivity contribution in [2.24, 2.45) is 0 Å². The predicted molar refractivity (Wildman–Crippen MR) is 83.2 cm³/mol. The van der Waals surface area contributed by atoms with Crippen molar-refractivity contribution in [1.29, 1.82) is 0 Å². The van der Waals surface area contributed by atoms with Gasteiger partial charge in [0.25, 0.3) is 0 Å². The summed E-state index contributed by atoms with van der Waals surface area (Å²) in [4.78, 5) is 6.10. The van der Waals surface area contributed by atoms with Crippen LogP contribution in [0.5, 0.6) is 0 Å². The molecular weight excluding hydrogens is 283 g/mol. The highest BCUT2D eigenvalue weighted by atomic mass is 32.1. The number of hydrogen-bond donors (Lipinski definition) is 1. The lowest BCUT2D eigenvalue weighted by Crippen LogP contribution is -2.43. The molecule has 1 unspecified atom stereocenters. The Morgan fingerprint density at radius 2 is 2.14 bits per heavy atom. The molecule has 110 valence electrons. The van der Waals surface area contributed by atoms with Gasteiger partial charge in [-0.1, -0.05) is 6.07 Å². The van der Waals surface area contributed by atoms with Gasteiger partial charge in [-0.2, -0.15) is 0 Å². The Morgan fingerprint density at radius 3 is 2.81 bits per heavy atom. The second-order valence-corrected chi connectivity index (χ2v) is 7.49. The van der Waals surface area contributed by atoms with Crippen LogP contribution < -0.4 is 5.32 Å². The maximum Gasteiger partial charge on any atom is 0.123 e. The highest BCUT2D eigenvalue weighted by molar-refractivity contribution is 7.11. The molecule has 0 spiro atoms. The zero-order valence-electron chi connectivity index (χ0n) is 12.4. The van der Waals surface area contributed by atoms with Gasteiger partial charge in [0.1, 0.15) is 10.8 Å². The topological polar surface area (TPSA) is 24.9 Å². The summed E-state index contributed by atoms with van der Waals surface area (Å²) >= 11 is 1.78. The van der Waals surface area contributed by atoms with Gasteiger partial charge in [-0.05, 0) is 62.8 Å². The molecule has 0 bridgehead atoms. The van der Waals surface area contributed by atoms with E-state index < -0.39 is 0 Å². The van der Waals surface area contributed by atoms with Crippen molar-refractivity contribution < 1.29 is 4.39 Å². The number of fused-ring (bicyclic) bond motifs is 1. The lowest BCUT2D eigenvalue weighted by Gasteiger charge is -2.30. The minimum atomic E-state index is -0.201. The van der Waals surface area contributed by atoms with Crippen LogP contribution in [0.15, 0.2) is 18.2 Å². The van der Waals surface area contributed by atoms with E-state index in [-0.39, 0.29) is 11.4 Å². The molecule has 1 N–H and O–H groups in total. The molecule has 2 aromatic rings. The number of nitrogens with one attached hydrogen (secondary N) is 1. The third-order valence-corrected chi connectivity index (χ3v) is 5.95. The molecule has 0 aliphatic heterocycles. The van der Waals surface area contributed by atoms with Crippen molar-refractivity contribution in [3.63, 3.8) is 0 Å². The second-order valence-electron chi connectivity index (χ2n) is 6.29. The Morgan fingerprint density at radius 1 is 1.33 bits per heavy atom. The molecule has 21 heavy (non-hydrogen) atoms. The molecule has 4 heteroatoms. The average Bonchev–Trinajstić information content (AvgIpc) is 3.10.